The number of carbonyl (C=O) groups is 1. The number of ether oxygens (including phenoxy) is 2. The Bertz CT molecular complexity index is 1220. The van der Waals surface area contributed by atoms with Gasteiger partial charge in [0.1, 0.15) is 5.75 Å². The van der Waals surface area contributed by atoms with Crippen molar-refractivity contribution in [1.82, 2.24) is 9.55 Å². The Morgan fingerprint density at radius 1 is 1.14 bits per heavy atom. The average Bonchev–Trinajstić information content (AvgIpc) is 3.32. The molecule has 0 atom stereocenters. The standard InChI is InChI=1S/C21H21N3O3S2/c1-3-26-10-9-24-17-8-6-15(27-4-2)12-19(17)29-21(24)23-20(25)14-5-7-16-18(11-14)28-13-22-16/h5-8,11-13H,3-4,9-10H2,1-2H3. The van der Waals surface area contributed by atoms with Crippen molar-refractivity contribution < 1.29 is 14.3 Å². The Kier molecular flexibility index (Phi) is 6.03. The molecule has 2 aromatic carbocycles. The number of amides is 1. The summed E-state index contributed by atoms with van der Waals surface area (Å²) in [6.45, 7) is 6.37. The van der Waals surface area contributed by atoms with E-state index in [9.17, 15) is 4.79 Å². The second kappa shape index (κ2) is 8.86. The maximum Gasteiger partial charge on any atom is 0.279 e. The van der Waals surface area contributed by atoms with Crippen molar-refractivity contribution >= 4 is 49.0 Å². The molecule has 0 radical (unpaired) electrons. The number of hydrogen-bond donors (Lipinski definition) is 0. The third kappa shape index (κ3) is 4.24. The van der Waals surface area contributed by atoms with Crippen LogP contribution in [0.1, 0.15) is 24.2 Å². The van der Waals surface area contributed by atoms with Crippen LogP contribution in [0.2, 0.25) is 0 Å². The molecule has 1 amide bonds. The highest BCUT2D eigenvalue weighted by molar-refractivity contribution is 7.17. The molecular formula is C21H21N3O3S2. The second-order valence-corrected chi connectivity index (χ2v) is 8.14. The molecule has 0 aliphatic rings. The highest BCUT2D eigenvalue weighted by atomic mass is 32.1. The van der Waals surface area contributed by atoms with E-state index in [-0.39, 0.29) is 5.91 Å². The molecule has 4 rings (SSSR count). The van der Waals surface area contributed by atoms with Crippen LogP contribution in [0, 0.1) is 0 Å². The number of hydrogen-bond acceptors (Lipinski definition) is 6. The van der Waals surface area contributed by atoms with Crippen LogP contribution in [-0.4, -0.2) is 35.3 Å². The number of nitrogens with zero attached hydrogens (tertiary/aromatic N) is 3. The van der Waals surface area contributed by atoms with Gasteiger partial charge in [-0.1, -0.05) is 11.3 Å². The number of benzene rings is 2. The normalized spacial score (nSPS) is 12.1. The Labute approximate surface area is 176 Å². The van der Waals surface area contributed by atoms with Crippen molar-refractivity contribution in [1.29, 1.82) is 0 Å². The van der Waals surface area contributed by atoms with Crippen LogP contribution in [0.15, 0.2) is 46.9 Å². The van der Waals surface area contributed by atoms with Gasteiger partial charge in [-0.15, -0.1) is 11.3 Å². The molecule has 0 N–H and O–H groups in total. The topological polar surface area (TPSA) is 65.7 Å². The van der Waals surface area contributed by atoms with Gasteiger partial charge in [0.05, 0.1) is 39.2 Å². The van der Waals surface area contributed by atoms with Gasteiger partial charge in [-0.3, -0.25) is 4.79 Å². The van der Waals surface area contributed by atoms with Crippen molar-refractivity contribution in [2.75, 3.05) is 19.8 Å². The van der Waals surface area contributed by atoms with Gasteiger partial charge in [-0.25, -0.2) is 4.98 Å². The van der Waals surface area contributed by atoms with Crippen LogP contribution in [0.4, 0.5) is 0 Å². The van der Waals surface area contributed by atoms with Gasteiger partial charge < -0.3 is 14.0 Å². The van der Waals surface area contributed by atoms with Gasteiger partial charge in [0.2, 0.25) is 0 Å². The van der Waals surface area contributed by atoms with Gasteiger partial charge in [-0.2, -0.15) is 4.99 Å². The molecule has 0 bridgehead atoms. The van der Waals surface area contributed by atoms with E-state index in [1.165, 1.54) is 22.7 Å². The molecular weight excluding hydrogens is 406 g/mol. The minimum atomic E-state index is -0.262. The zero-order valence-corrected chi connectivity index (χ0v) is 17.9. The van der Waals surface area contributed by atoms with Crippen LogP contribution < -0.4 is 9.54 Å². The summed E-state index contributed by atoms with van der Waals surface area (Å²) in [6, 6.07) is 11.4. The fraction of sp³-hybridized carbons (Fsp3) is 0.286. The largest absolute Gasteiger partial charge is 0.494 e. The summed E-state index contributed by atoms with van der Waals surface area (Å²) in [5.74, 6) is 0.550. The first-order valence-corrected chi connectivity index (χ1v) is 11.2. The third-order valence-electron chi connectivity index (χ3n) is 4.40. The van der Waals surface area contributed by atoms with Crippen LogP contribution in [0.3, 0.4) is 0 Å². The van der Waals surface area contributed by atoms with Crippen molar-refractivity contribution in [2.45, 2.75) is 20.4 Å². The minimum absolute atomic E-state index is 0.262. The molecule has 0 fully saturated rings. The highest BCUT2D eigenvalue weighted by Crippen LogP contribution is 2.24. The minimum Gasteiger partial charge on any atom is -0.494 e. The van der Waals surface area contributed by atoms with Crippen molar-refractivity contribution in [2.24, 2.45) is 4.99 Å². The first kappa shape index (κ1) is 19.8. The maximum atomic E-state index is 12.9. The Morgan fingerprint density at radius 3 is 2.86 bits per heavy atom. The fourth-order valence-corrected chi connectivity index (χ4v) is 4.85. The van der Waals surface area contributed by atoms with Crippen molar-refractivity contribution in [3.05, 3.63) is 52.3 Å². The lowest BCUT2D eigenvalue weighted by atomic mass is 10.2. The Balaban J connectivity index is 1.76. The summed E-state index contributed by atoms with van der Waals surface area (Å²) in [5.41, 5.74) is 4.25. The van der Waals surface area contributed by atoms with E-state index < -0.39 is 0 Å². The fourth-order valence-electron chi connectivity index (χ4n) is 3.05. The van der Waals surface area contributed by atoms with Gasteiger partial charge in [-0.05, 0) is 50.2 Å². The van der Waals surface area contributed by atoms with Gasteiger partial charge >= 0.3 is 0 Å². The summed E-state index contributed by atoms with van der Waals surface area (Å²) < 4.78 is 15.2. The predicted octanol–water partition coefficient (Wildman–Crippen LogP) is 4.49. The molecule has 0 spiro atoms. The van der Waals surface area contributed by atoms with E-state index in [1.54, 1.807) is 11.6 Å². The quantitative estimate of drug-likeness (QED) is 0.408. The zero-order valence-electron chi connectivity index (χ0n) is 16.3. The molecule has 0 unspecified atom stereocenters. The average molecular weight is 428 g/mol. The van der Waals surface area contributed by atoms with Crippen LogP contribution >= 0.6 is 22.7 Å². The van der Waals surface area contributed by atoms with Crippen molar-refractivity contribution in [3.8, 4) is 5.75 Å². The first-order chi connectivity index (χ1) is 14.2. The van der Waals surface area contributed by atoms with E-state index in [2.05, 4.69) is 9.98 Å². The molecule has 150 valence electrons. The Morgan fingerprint density at radius 2 is 2.03 bits per heavy atom. The summed E-state index contributed by atoms with van der Waals surface area (Å²) in [4.78, 5) is 22.2. The molecule has 0 aliphatic heterocycles. The molecule has 0 aliphatic carbocycles. The van der Waals surface area contributed by atoms with E-state index >= 15 is 0 Å². The lowest BCUT2D eigenvalue weighted by Gasteiger charge is -2.06. The number of rotatable bonds is 7. The maximum absolute atomic E-state index is 12.9. The molecule has 2 aromatic heterocycles. The third-order valence-corrected chi connectivity index (χ3v) is 6.24. The summed E-state index contributed by atoms with van der Waals surface area (Å²) in [7, 11) is 0. The Hall–Kier alpha value is -2.55. The van der Waals surface area contributed by atoms with E-state index in [0.29, 0.717) is 36.7 Å². The monoisotopic (exact) mass is 427 g/mol. The smallest absolute Gasteiger partial charge is 0.279 e. The van der Waals surface area contributed by atoms with E-state index in [0.717, 1.165) is 26.2 Å². The number of fused-ring (bicyclic) bond motifs is 2. The predicted molar refractivity (Wildman–Crippen MR) is 117 cm³/mol. The van der Waals surface area contributed by atoms with Crippen LogP contribution in [0.25, 0.3) is 20.4 Å². The lowest BCUT2D eigenvalue weighted by molar-refractivity contribution is 0.0997. The molecule has 4 aromatic rings. The first-order valence-electron chi connectivity index (χ1n) is 9.46. The van der Waals surface area contributed by atoms with Gasteiger partial charge in [0.25, 0.3) is 5.91 Å². The lowest BCUT2D eigenvalue weighted by Crippen LogP contribution is -2.19. The number of aromatic nitrogens is 2. The summed E-state index contributed by atoms with van der Waals surface area (Å²) >= 11 is 2.99. The van der Waals surface area contributed by atoms with Crippen molar-refractivity contribution in [3.63, 3.8) is 0 Å². The molecule has 6 nitrogen and oxygen atoms in total. The molecule has 29 heavy (non-hydrogen) atoms. The van der Waals surface area contributed by atoms with E-state index in [1.807, 2.05) is 48.7 Å². The zero-order chi connectivity index (χ0) is 20.2. The highest BCUT2D eigenvalue weighted by Gasteiger charge is 2.11. The molecule has 0 saturated heterocycles. The molecule has 8 heteroatoms. The molecule has 0 saturated carbocycles. The number of thiazole rings is 2. The van der Waals surface area contributed by atoms with Crippen LogP contribution in [0.5, 0.6) is 5.75 Å². The van der Waals surface area contributed by atoms with Gasteiger partial charge in [0.15, 0.2) is 4.80 Å². The van der Waals surface area contributed by atoms with E-state index in [4.69, 9.17) is 9.47 Å². The molecule has 2 heterocycles. The van der Waals surface area contributed by atoms with Gasteiger partial charge in [0, 0.05) is 18.7 Å². The van der Waals surface area contributed by atoms with Crippen LogP contribution in [-0.2, 0) is 11.3 Å². The summed E-state index contributed by atoms with van der Waals surface area (Å²) in [6.07, 6.45) is 0. The second-order valence-electron chi connectivity index (χ2n) is 6.25. The summed E-state index contributed by atoms with van der Waals surface area (Å²) in [5, 5.41) is 0. The number of carbonyl (C=O) groups excluding carboxylic acids is 1. The SMILES string of the molecule is CCOCCn1c(=NC(=O)c2ccc3ncsc3c2)sc2cc(OCC)ccc21.